The first-order chi connectivity index (χ1) is 7.81. The van der Waals surface area contributed by atoms with Gasteiger partial charge in [0.25, 0.3) is 0 Å². The highest BCUT2D eigenvalue weighted by molar-refractivity contribution is 5.08. The zero-order valence-corrected chi connectivity index (χ0v) is 9.64. The summed E-state index contributed by atoms with van der Waals surface area (Å²) in [5.41, 5.74) is 0. The molecule has 0 aromatic carbocycles. The highest BCUT2D eigenvalue weighted by Gasteiger charge is 2.16. The van der Waals surface area contributed by atoms with E-state index in [2.05, 4.69) is 19.2 Å². The molecule has 2 atom stereocenters. The molecule has 1 N–H and O–H groups in total. The van der Waals surface area contributed by atoms with E-state index in [4.69, 9.17) is 8.83 Å². The van der Waals surface area contributed by atoms with Gasteiger partial charge in [-0.2, -0.15) is 0 Å². The molecule has 16 heavy (non-hydrogen) atoms. The highest BCUT2D eigenvalue weighted by Crippen LogP contribution is 2.22. The van der Waals surface area contributed by atoms with Crippen LogP contribution in [-0.2, 0) is 0 Å². The molecule has 0 bridgehead atoms. The van der Waals surface area contributed by atoms with Crippen LogP contribution >= 0.6 is 0 Å². The molecule has 3 nitrogen and oxygen atoms in total. The van der Waals surface area contributed by atoms with Crippen molar-refractivity contribution in [1.82, 2.24) is 5.32 Å². The average molecular weight is 219 g/mol. The molecule has 2 aromatic heterocycles. The molecule has 0 saturated heterocycles. The molecule has 0 fully saturated rings. The molecule has 0 amide bonds. The van der Waals surface area contributed by atoms with E-state index in [-0.39, 0.29) is 12.1 Å². The van der Waals surface area contributed by atoms with Crippen LogP contribution in [0.1, 0.15) is 43.9 Å². The van der Waals surface area contributed by atoms with E-state index in [0.717, 1.165) is 17.9 Å². The monoisotopic (exact) mass is 219 g/mol. The minimum Gasteiger partial charge on any atom is -0.468 e. The SMILES string of the molecule is CCC(N[C@@H](C)c1ccco1)c1ccco1. The average Bonchev–Trinajstić information content (AvgIpc) is 2.96. The largest absolute Gasteiger partial charge is 0.468 e. The molecule has 0 radical (unpaired) electrons. The third kappa shape index (κ3) is 2.36. The van der Waals surface area contributed by atoms with E-state index in [1.807, 2.05) is 24.3 Å². The first-order valence-corrected chi connectivity index (χ1v) is 5.64. The van der Waals surface area contributed by atoms with Gasteiger partial charge in [0.2, 0.25) is 0 Å². The summed E-state index contributed by atoms with van der Waals surface area (Å²) in [6, 6.07) is 8.21. The molecular formula is C13H17NO2. The number of furan rings is 2. The van der Waals surface area contributed by atoms with Gasteiger partial charge in [-0.1, -0.05) is 6.92 Å². The van der Waals surface area contributed by atoms with Crippen molar-refractivity contribution in [2.45, 2.75) is 32.4 Å². The van der Waals surface area contributed by atoms with Crippen LogP contribution in [-0.4, -0.2) is 0 Å². The van der Waals surface area contributed by atoms with Crippen LogP contribution in [0.3, 0.4) is 0 Å². The summed E-state index contributed by atoms with van der Waals surface area (Å²) in [7, 11) is 0. The lowest BCUT2D eigenvalue weighted by molar-refractivity contribution is 0.346. The summed E-state index contributed by atoms with van der Waals surface area (Å²) in [5.74, 6) is 1.92. The van der Waals surface area contributed by atoms with Gasteiger partial charge in [0.15, 0.2) is 0 Å². The second-order valence-corrected chi connectivity index (χ2v) is 3.88. The first kappa shape index (κ1) is 11.0. The summed E-state index contributed by atoms with van der Waals surface area (Å²) in [4.78, 5) is 0. The van der Waals surface area contributed by atoms with Gasteiger partial charge in [-0.15, -0.1) is 0 Å². The Hall–Kier alpha value is -1.48. The maximum absolute atomic E-state index is 5.41. The van der Waals surface area contributed by atoms with Crippen molar-refractivity contribution in [3.8, 4) is 0 Å². The fourth-order valence-corrected chi connectivity index (χ4v) is 1.81. The van der Waals surface area contributed by atoms with Crippen LogP contribution in [0.15, 0.2) is 45.6 Å². The van der Waals surface area contributed by atoms with Crippen LogP contribution in [0.2, 0.25) is 0 Å². The molecule has 0 spiro atoms. The van der Waals surface area contributed by atoms with E-state index >= 15 is 0 Å². The van der Waals surface area contributed by atoms with Gasteiger partial charge in [0.1, 0.15) is 11.5 Å². The third-order valence-electron chi connectivity index (χ3n) is 2.72. The lowest BCUT2D eigenvalue weighted by Crippen LogP contribution is -2.23. The summed E-state index contributed by atoms with van der Waals surface area (Å²) in [6.45, 7) is 4.22. The third-order valence-corrected chi connectivity index (χ3v) is 2.72. The number of rotatable bonds is 5. The fourth-order valence-electron chi connectivity index (χ4n) is 1.81. The predicted octanol–water partition coefficient (Wildman–Crippen LogP) is 3.67. The Bertz CT molecular complexity index is 392. The van der Waals surface area contributed by atoms with E-state index < -0.39 is 0 Å². The summed E-state index contributed by atoms with van der Waals surface area (Å²) < 4.78 is 10.8. The standard InChI is InChI=1S/C13H17NO2/c1-3-11(13-7-5-9-16-13)14-10(2)12-6-4-8-15-12/h4-11,14H,3H2,1-2H3/t10-,11?/m0/s1. The van der Waals surface area contributed by atoms with Crippen LogP contribution in [0, 0.1) is 0 Å². The minimum atomic E-state index is 0.185. The summed E-state index contributed by atoms with van der Waals surface area (Å²) >= 11 is 0. The van der Waals surface area contributed by atoms with Gasteiger partial charge in [-0.25, -0.2) is 0 Å². The van der Waals surface area contributed by atoms with E-state index in [1.54, 1.807) is 12.5 Å². The summed E-state index contributed by atoms with van der Waals surface area (Å²) in [6.07, 6.45) is 4.39. The number of nitrogens with one attached hydrogen (secondary N) is 1. The van der Waals surface area contributed by atoms with Crippen LogP contribution in [0.25, 0.3) is 0 Å². The quantitative estimate of drug-likeness (QED) is 0.833. The Kier molecular flexibility index (Phi) is 3.47. The molecular weight excluding hydrogens is 202 g/mol. The van der Waals surface area contributed by atoms with E-state index in [9.17, 15) is 0 Å². The van der Waals surface area contributed by atoms with Crippen molar-refractivity contribution in [2.24, 2.45) is 0 Å². The molecule has 0 aliphatic rings. The molecule has 2 aromatic rings. The van der Waals surface area contributed by atoms with Gasteiger partial charge >= 0.3 is 0 Å². The number of hydrogen-bond donors (Lipinski definition) is 1. The van der Waals surface area contributed by atoms with E-state index in [1.165, 1.54) is 0 Å². The Morgan fingerprint density at radius 1 is 1.12 bits per heavy atom. The van der Waals surface area contributed by atoms with Gasteiger partial charge < -0.3 is 8.83 Å². The lowest BCUT2D eigenvalue weighted by Gasteiger charge is -2.19. The molecule has 3 heteroatoms. The Labute approximate surface area is 95.5 Å². The smallest absolute Gasteiger partial charge is 0.120 e. The Morgan fingerprint density at radius 3 is 2.25 bits per heavy atom. The van der Waals surface area contributed by atoms with Gasteiger partial charge in [-0.05, 0) is 37.6 Å². The van der Waals surface area contributed by atoms with Crippen molar-refractivity contribution in [3.05, 3.63) is 48.3 Å². The van der Waals surface area contributed by atoms with E-state index in [0.29, 0.717) is 0 Å². The maximum atomic E-state index is 5.41. The van der Waals surface area contributed by atoms with Crippen LogP contribution in [0.5, 0.6) is 0 Å². The topological polar surface area (TPSA) is 38.3 Å². The van der Waals surface area contributed by atoms with Gasteiger partial charge in [0.05, 0.1) is 24.6 Å². The second kappa shape index (κ2) is 5.03. The van der Waals surface area contributed by atoms with Crippen molar-refractivity contribution < 1.29 is 8.83 Å². The predicted molar refractivity (Wildman–Crippen MR) is 62.0 cm³/mol. The maximum Gasteiger partial charge on any atom is 0.120 e. The Morgan fingerprint density at radius 2 is 1.75 bits per heavy atom. The van der Waals surface area contributed by atoms with Crippen LogP contribution < -0.4 is 5.32 Å². The molecule has 0 aliphatic carbocycles. The zero-order chi connectivity index (χ0) is 11.4. The van der Waals surface area contributed by atoms with Crippen molar-refractivity contribution in [1.29, 1.82) is 0 Å². The van der Waals surface area contributed by atoms with Crippen LogP contribution in [0.4, 0.5) is 0 Å². The molecule has 0 saturated carbocycles. The fraction of sp³-hybridized carbons (Fsp3) is 0.385. The first-order valence-electron chi connectivity index (χ1n) is 5.64. The lowest BCUT2D eigenvalue weighted by atomic mass is 10.1. The second-order valence-electron chi connectivity index (χ2n) is 3.88. The molecule has 86 valence electrons. The minimum absolute atomic E-state index is 0.185. The van der Waals surface area contributed by atoms with Crippen molar-refractivity contribution in [2.75, 3.05) is 0 Å². The number of hydrogen-bond acceptors (Lipinski definition) is 3. The zero-order valence-electron chi connectivity index (χ0n) is 9.64. The molecule has 1 unspecified atom stereocenters. The normalized spacial score (nSPS) is 14.9. The van der Waals surface area contributed by atoms with Crippen molar-refractivity contribution >= 4 is 0 Å². The molecule has 2 rings (SSSR count). The Balaban J connectivity index is 2.02. The highest BCUT2D eigenvalue weighted by atomic mass is 16.3. The summed E-state index contributed by atoms with van der Waals surface area (Å²) in [5, 5.41) is 3.48. The molecule has 2 heterocycles. The van der Waals surface area contributed by atoms with Gasteiger partial charge in [-0.3, -0.25) is 5.32 Å². The molecule has 0 aliphatic heterocycles. The van der Waals surface area contributed by atoms with Gasteiger partial charge in [0, 0.05) is 0 Å². The van der Waals surface area contributed by atoms with Crippen molar-refractivity contribution in [3.63, 3.8) is 0 Å².